The fraction of sp³-hybridized carbons (Fsp3) is 0.562. The lowest BCUT2D eigenvalue weighted by Crippen LogP contribution is -2.35. The Bertz CT molecular complexity index is 466. The highest BCUT2D eigenvalue weighted by Gasteiger charge is 2.15. The second-order valence-electron chi connectivity index (χ2n) is 5.65. The van der Waals surface area contributed by atoms with E-state index >= 15 is 0 Å². The van der Waals surface area contributed by atoms with Gasteiger partial charge in [-0.1, -0.05) is 12.1 Å². The molecule has 0 aliphatic carbocycles. The number of carbonyl (C=O) groups is 1. The van der Waals surface area contributed by atoms with Crippen LogP contribution < -0.4 is 14.8 Å². The third-order valence-electron chi connectivity index (χ3n) is 2.73. The van der Waals surface area contributed by atoms with Crippen molar-refractivity contribution in [3.8, 4) is 11.5 Å². The molecule has 0 aliphatic heterocycles. The van der Waals surface area contributed by atoms with Crippen LogP contribution >= 0.6 is 0 Å². The summed E-state index contributed by atoms with van der Waals surface area (Å²) in [5, 5.41) is 3.39. The van der Waals surface area contributed by atoms with E-state index in [4.69, 9.17) is 14.2 Å². The van der Waals surface area contributed by atoms with Crippen LogP contribution in [0.15, 0.2) is 18.2 Å². The maximum absolute atomic E-state index is 11.4. The summed E-state index contributed by atoms with van der Waals surface area (Å²) in [5.41, 5.74) is 0.926. The Morgan fingerprint density at radius 3 is 2.57 bits per heavy atom. The van der Waals surface area contributed by atoms with Crippen LogP contribution in [-0.4, -0.2) is 31.8 Å². The number of esters is 1. The van der Waals surface area contributed by atoms with E-state index in [0.29, 0.717) is 24.7 Å². The molecule has 21 heavy (non-hydrogen) atoms. The largest absolute Gasteiger partial charge is 0.493 e. The molecule has 0 unspecified atom stereocenters. The number of para-hydroxylation sites is 1. The summed E-state index contributed by atoms with van der Waals surface area (Å²) < 4.78 is 15.8. The van der Waals surface area contributed by atoms with Gasteiger partial charge in [0.05, 0.1) is 13.7 Å². The molecule has 1 N–H and O–H groups in total. The summed E-state index contributed by atoms with van der Waals surface area (Å²) in [6.07, 6.45) is 0. The smallest absolute Gasteiger partial charge is 0.344 e. The van der Waals surface area contributed by atoms with E-state index in [9.17, 15) is 4.79 Å². The second-order valence-corrected chi connectivity index (χ2v) is 5.65. The molecule has 1 rings (SSSR count). The number of benzene rings is 1. The summed E-state index contributed by atoms with van der Waals surface area (Å²) in [6, 6.07) is 5.65. The minimum atomic E-state index is -0.391. The lowest BCUT2D eigenvalue weighted by molar-refractivity contribution is -0.145. The Morgan fingerprint density at radius 2 is 2.00 bits per heavy atom. The quantitative estimate of drug-likeness (QED) is 0.783. The summed E-state index contributed by atoms with van der Waals surface area (Å²) in [4.78, 5) is 11.4. The summed E-state index contributed by atoms with van der Waals surface area (Å²) in [5.74, 6) is 0.787. The zero-order chi connectivity index (χ0) is 15.9. The van der Waals surface area contributed by atoms with Gasteiger partial charge in [0.1, 0.15) is 0 Å². The highest BCUT2D eigenvalue weighted by molar-refractivity contribution is 5.71. The number of nitrogens with one attached hydrogen (secondary N) is 1. The topological polar surface area (TPSA) is 56.8 Å². The van der Waals surface area contributed by atoms with Gasteiger partial charge in [0.15, 0.2) is 18.1 Å². The standard InChI is InChI=1S/C16H25NO4/c1-6-20-14(18)11-21-15-12(10-17-16(2,3)4)8-7-9-13(15)19-5/h7-9,17H,6,10-11H2,1-5H3. The third-order valence-corrected chi connectivity index (χ3v) is 2.73. The van der Waals surface area contributed by atoms with E-state index in [1.54, 1.807) is 20.1 Å². The third kappa shape index (κ3) is 6.04. The van der Waals surface area contributed by atoms with Crippen LogP contribution in [0.3, 0.4) is 0 Å². The maximum atomic E-state index is 11.4. The van der Waals surface area contributed by atoms with E-state index in [0.717, 1.165) is 5.56 Å². The van der Waals surface area contributed by atoms with Crippen LogP contribution in [0.1, 0.15) is 33.3 Å². The van der Waals surface area contributed by atoms with Crippen molar-refractivity contribution in [3.05, 3.63) is 23.8 Å². The normalized spacial score (nSPS) is 11.1. The van der Waals surface area contributed by atoms with Crippen molar-refractivity contribution in [2.75, 3.05) is 20.3 Å². The van der Waals surface area contributed by atoms with Gasteiger partial charge in [-0.3, -0.25) is 0 Å². The van der Waals surface area contributed by atoms with Gasteiger partial charge in [-0.25, -0.2) is 4.79 Å². The molecule has 5 heteroatoms. The van der Waals surface area contributed by atoms with Gasteiger partial charge in [-0.05, 0) is 33.8 Å². The summed E-state index contributed by atoms with van der Waals surface area (Å²) >= 11 is 0. The van der Waals surface area contributed by atoms with Crippen LogP contribution in [0.4, 0.5) is 0 Å². The first kappa shape index (κ1) is 17.3. The molecule has 0 heterocycles. The SMILES string of the molecule is CCOC(=O)COc1c(CNC(C)(C)C)cccc1OC. The molecule has 0 spiro atoms. The Kier molecular flexibility index (Phi) is 6.49. The molecule has 0 aromatic heterocycles. The zero-order valence-electron chi connectivity index (χ0n) is 13.5. The highest BCUT2D eigenvalue weighted by atomic mass is 16.6. The van der Waals surface area contributed by atoms with Gasteiger partial charge in [-0.2, -0.15) is 0 Å². The molecule has 0 aliphatic rings. The van der Waals surface area contributed by atoms with E-state index in [1.807, 2.05) is 12.1 Å². The molecule has 0 fully saturated rings. The lowest BCUT2D eigenvalue weighted by atomic mass is 10.1. The average Bonchev–Trinajstić information content (AvgIpc) is 2.42. The average molecular weight is 295 g/mol. The van der Waals surface area contributed by atoms with Gasteiger partial charge in [0.2, 0.25) is 0 Å². The van der Waals surface area contributed by atoms with Crippen LogP contribution in [0.2, 0.25) is 0 Å². The fourth-order valence-electron chi connectivity index (χ4n) is 1.72. The molecule has 1 aromatic rings. The maximum Gasteiger partial charge on any atom is 0.344 e. The number of rotatable bonds is 7. The number of ether oxygens (including phenoxy) is 3. The fourth-order valence-corrected chi connectivity index (χ4v) is 1.72. The molecule has 0 atom stereocenters. The van der Waals surface area contributed by atoms with E-state index < -0.39 is 5.97 Å². The van der Waals surface area contributed by atoms with Gasteiger partial charge in [0.25, 0.3) is 0 Å². The van der Waals surface area contributed by atoms with Gasteiger partial charge in [0, 0.05) is 17.6 Å². The molecular weight excluding hydrogens is 270 g/mol. The van der Waals surface area contributed by atoms with Crippen molar-refractivity contribution in [2.45, 2.75) is 39.8 Å². The molecule has 0 amide bonds. The zero-order valence-corrected chi connectivity index (χ0v) is 13.5. The van der Waals surface area contributed by atoms with Crippen LogP contribution in [0.5, 0.6) is 11.5 Å². The van der Waals surface area contributed by atoms with Crippen molar-refractivity contribution in [2.24, 2.45) is 0 Å². The first-order valence-electron chi connectivity index (χ1n) is 7.06. The summed E-state index contributed by atoms with van der Waals surface area (Å²) in [6.45, 7) is 8.87. The van der Waals surface area contributed by atoms with E-state index in [-0.39, 0.29) is 12.1 Å². The Hall–Kier alpha value is -1.75. The van der Waals surface area contributed by atoms with Gasteiger partial charge in [-0.15, -0.1) is 0 Å². The van der Waals surface area contributed by atoms with Gasteiger partial charge >= 0.3 is 5.97 Å². The van der Waals surface area contributed by atoms with E-state index in [2.05, 4.69) is 26.1 Å². The lowest BCUT2D eigenvalue weighted by Gasteiger charge is -2.22. The molecule has 5 nitrogen and oxygen atoms in total. The van der Waals surface area contributed by atoms with Crippen LogP contribution in [0, 0.1) is 0 Å². The minimum absolute atomic E-state index is 0.0124. The summed E-state index contributed by atoms with van der Waals surface area (Å²) in [7, 11) is 1.58. The number of methoxy groups -OCH3 is 1. The first-order valence-corrected chi connectivity index (χ1v) is 7.06. The Labute approximate surface area is 126 Å². The Balaban J connectivity index is 2.84. The monoisotopic (exact) mass is 295 g/mol. The van der Waals surface area contributed by atoms with E-state index in [1.165, 1.54) is 0 Å². The van der Waals surface area contributed by atoms with Crippen molar-refractivity contribution in [3.63, 3.8) is 0 Å². The Morgan fingerprint density at radius 1 is 1.29 bits per heavy atom. The molecule has 0 saturated carbocycles. The number of hydrogen-bond donors (Lipinski definition) is 1. The van der Waals surface area contributed by atoms with Crippen molar-refractivity contribution >= 4 is 5.97 Å². The second kappa shape index (κ2) is 7.88. The molecule has 118 valence electrons. The van der Waals surface area contributed by atoms with Gasteiger partial charge < -0.3 is 19.5 Å². The van der Waals surface area contributed by atoms with Crippen LogP contribution in [0.25, 0.3) is 0 Å². The molecular formula is C16H25NO4. The van der Waals surface area contributed by atoms with Crippen molar-refractivity contribution in [1.82, 2.24) is 5.32 Å². The predicted molar refractivity (Wildman–Crippen MR) is 81.7 cm³/mol. The molecule has 0 radical (unpaired) electrons. The van der Waals surface area contributed by atoms with Crippen molar-refractivity contribution < 1.29 is 19.0 Å². The molecule has 0 bridgehead atoms. The minimum Gasteiger partial charge on any atom is -0.493 e. The number of hydrogen-bond acceptors (Lipinski definition) is 5. The predicted octanol–water partition coefficient (Wildman–Crippen LogP) is 2.53. The highest BCUT2D eigenvalue weighted by Crippen LogP contribution is 2.31. The number of carbonyl (C=O) groups excluding carboxylic acids is 1. The molecule has 0 saturated heterocycles. The molecule has 1 aromatic carbocycles. The van der Waals surface area contributed by atoms with Crippen molar-refractivity contribution in [1.29, 1.82) is 0 Å². The van der Waals surface area contributed by atoms with Crippen LogP contribution in [-0.2, 0) is 16.1 Å². The first-order chi connectivity index (χ1) is 9.87.